The van der Waals surface area contributed by atoms with Crippen LogP contribution in [0.5, 0.6) is 0 Å². The number of nitro groups is 1. The quantitative estimate of drug-likeness (QED) is 0.428. The number of benzene rings is 3. The van der Waals surface area contributed by atoms with Gasteiger partial charge in [0.05, 0.1) is 13.0 Å². The maximum Gasteiger partial charge on any atom is 0.323 e. The first-order chi connectivity index (χ1) is 13.6. The summed E-state index contributed by atoms with van der Waals surface area (Å²) < 4.78 is 4.94. The van der Waals surface area contributed by atoms with E-state index >= 15 is 0 Å². The van der Waals surface area contributed by atoms with Crippen molar-refractivity contribution in [1.82, 2.24) is 5.32 Å². The Labute approximate surface area is 162 Å². The van der Waals surface area contributed by atoms with Gasteiger partial charge in [-0.05, 0) is 28.0 Å². The van der Waals surface area contributed by atoms with Crippen molar-refractivity contribution in [2.75, 3.05) is 7.11 Å². The van der Waals surface area contributed by atoms with Crippen LogP contribution in [0.15, 0.2) is 72.8 Å². The highest BCUT2D eigenvalue weighted by atomic mass is 16.6. The summed E-state index contributed by atoms with van der Waals surface area (Å²) in [5.41, 5.74) is 1.53. The third-order valence-electron chi connectivity index (χ3n) is 5.44. The van der Waals surface area contributed by atoms with Crippen molar-refractivity contribution < 1.29 is 14.5 Å². The molecule has 0 saturated carbocycles. The average molecular weight is 376 g/mol. The number of fused-ring (bicyclic) bond motifs is 1. The molecule has 142 valence electrons. The third kappa shape index (κ3) is 3.12. The lowest BCUT2D eigenvalue weighted by Gasteiger charge is -2.19. The SMILES string of the molecule is COC(=O)[C@H]1N[C@@H](c2ccc3ccccc3c2)[C@@H]([N+](=O)[O-])[C@@H]1c1ccccc1. The van der Waals surface area contributed by atoms with E-state index in [0.717, 1.165) is 21.9 Å². The minimum atomic E-state index is -0.993. The number of nitrogens with one attached hydrogen (secondary N) is 1. The standard InChI is InChI=1S/C22H20N2O4/c1-28-22(25)20-18(15-8-3-2-4-9-15)21(24(26)27)19(23-20)17-12-11-14-7-5-6-10-16(14)13-17/h2-13,18-21,23H,1H3/t18-,19+,20+,21+/m1/s1. The highest BCUT2D eigenvalue weighted by Crippen LogP contribution is 2.41. The average Bonchev–Trinajstić information content (AvgIpc) is 3.14. The fraction of sp³-hybridized carbons (Fsp3) is 0.227. The second-order valence-electron chi connectivity index (χ2n) is 6.96. The number of carbonyl (C=O) groups is 1. The Morgan fingerprint density at radius 3 is 2.32 bits per heavy atom. The van der Waals surface area contributed by atoms with Crippen molar-refractivity contribution >= 4 is 16.7 Å². The molecule has 0 unspecified atom stereocenters. The van der Waals surface area contributed by atoms with Crippen LogP contribution in [0.4, 0.5) is 0 Å². The molecule has 1 fully saturated rings. The number of nitrogens with zero attached hydrogens (tertiary/aromatic N) is 1. The highest BCUT2D eigenvalue weighted by molar-refractivity contribution is 5.83. The minimum absolute atomic E-state index is 0.284. The zero-order chi connectivity index (χ0) is 19.7. The van der Waals surface area contributed by atoms with Crippen molar-refractivity contribution in [2.24, 2.45) is 0 Å². The van der Waals surface area contributed by atoms with Gasteiger partial charge in [0.15, 0.2) is 0 Å². The molecule has 3 aromatic carbocycles. The summed E-state index contributed by atoms with van der Waals surface area (Å²) >= 11 is 0. The number of ether oxygens (including phenoxy) is 1. The van der Waals surface area contributed by atoms with Crippen LogP contribution in [0.25, 0.3) is 10.8 Å². The van der Waals surface area contributed by atoms with Gasteiger partial charge in [-0.15, -0.1) is 0 Å². The zero-order valence-corrected chi connectivity index (χ0v) is 15.3. The molecule has 0 bridgehead atoms. The van der Waals surface area contributed by atoms with E-state index in [2.05, 4.69) is 5.32 Å². The van der Waals surface area contributed by atoms with Crippen molar-refractivity contribution in [3.05, 3.63) is 94.0 Å². The lowest BCUT2D eigenvalue weighted by molar-refractivity contribution is -0.527. The first-order valence-corrected chi connectivity index (χ1v) is 9.11. The van der Waals surface area contributed by atoms with Crippen LogP contribution in [-0.4, -0.2) is 30.1 Å². The Bertz CT molecular complexity index is 1020. The molecule has 3 aromatic rings. The van der Waals surface area contributed by atoms with E-state index in [9.17, 15) is 14.9 Å². The Balaban J connectivity index is 1.81. The van der Waals surface area contributed by atoms with Gasteiger partial charge in [0.1, 0.15) is 12.1 Å². The molecular formula is C22H20N2O4. The van der Waals surface area contributed by atoms with E-state index < -0.39 is 30.0 Å². The second-order valence-corrected chi connectivity index (χ2v) is 6.96. The summed E-state index contributed by atoms with van der Waals surface area (Å²) in [4.78, 5) is 24.3. The number of rotatable bonds is 4. The molecule has 0 amide bonds. The Morgan fingerprint density at radius 2 is 1.64 bits per heavy atom. The number of esters is 1. The normalized spacial score (nSPS) is 24.2. The largest absolute Gasteiger partial charge is 0.468 e. The summed E-state index contributed by atoms with van der Waals surface area (Å²) in [6.45, 7) is 0. The summed E-state index contributed by atoms with van der Waals surface area (Å²) in [5.74, 6) is -1.12. The lowest BCUT2D eigenvalue weighted by atomic mass is 9.85. The molecule has 0 aromatic heterocycles. The number of hydrogen-bond donors (Lipinski definition) is 1. The van der Waals surface area contributed by atoms with Gasteiger partial charge in [-0.3, -0.25) is 20.2 Å². The first kappa shape index (κ1) is 18.1. The van der Waals surface area contributed by atoms with Gasteiger partial charge in [-0.25, -0.2) is 0 Å². The van der Waals surface area contributed by atoms with Gasteiger partial charge in [-0.1, -0.05) is 66.7 Å². The smallest absolute Gasteiger partial charge is 0.323 e. The Morgan fingerprint density at radius 1 is 0.964 bits per heavy atom. The van der Waals surface area contributed by atoms with E-state index in [1.807, 2.05) is 72.8 Å². The minimum Gasteiger partial charge on any atom is -0.468 e. The van der Waals surface area contributed by atoms with E-state index in [4.69, 9.17) is 4.74 Å². The van der Waals surface area contributed by atoms with Gasteiger partial charge >= 0.3 is 5.97 Å². The van der Waals surface area contributed by atoms with Crippen LogP contribution in [0.1, 0.15) is 23.1 Å². The predicted octanol–water partition coefficient (Wildman–Crippen LogP) is 3.45. The maximum atomic E-state index is 12.4. The molecule has 28 heavy (non-hydrogen) atoms. The van der Waals surface area contributed by atoms with Crippen molar-refractivity contribution in [3.63, 3.8) is 0 Å². The summed E-state index contributed by atoms with van der Waals surface area (Å²) in [5, 5.41) is 17.4. The van der Waals surface area contributed by atoms with Crippen LogP contribution < -0.4 is 5.32 Å². The van der Waals surface area contributed by atoms with Crippen molar-refractivity contribution in [1.29, 1.82) is 0 Å². The van der Waals surface area contributed by atoms with Gasteiger partial charge in [-0.2, -0.15) is 0 Å². The Hall–Kier alpha value is -3.25. The van der Waals surface area contributed by atoms with Gasteiger partial charge in [0.25, 0.3) is 0 Å². The van der Waals surface area contributed by atoms with Crippen molar-refractivity contribution in [2.45, 2.75) is 24.0 Å². The molecule has 0 radical (unpaired) electrons. The molecule has 1 aliphatic rings. The van der Waals surface area contributed by atoms with Gasteiger partial charge < -0.3 is 4.74 Å². The fourth-order valence-electron chi connectivity index (χ4n) is 4.15. The van der Waals surface area contributed by atoms with Gasteiger partial charge in [0, 0.05) is 4.92 Å². The molecule has 4 rings (SSSR count). The Kier molecular flexibility index (Phi) is 4.79. The van der Waals surface area contributed by atoms with Crippen LogP contribution in [-0.2, 0) is 9.53 Å². The van der Waals surface area contributed by atoms with Crippen LogP contribution in [0, 0.1) is 10.1 Å². The van der Waals surface area contributed by atoms with Crippen molar-refractivity contribution in [3.8, 4) is 0 Å². The number of carbonyl (C=O) groups excluding carboxylic acids is 1. The molecular weight excluding hydrogens is 356 g/mol. The zero-order valence-electron chi connectivity index (χ0n) is 15.3. The van der Waals surface area contributed by atoms with Gasteiger partial charge in [0.2, 0.25) is 6.04 Å². The van der Waals surface area contributed by atoms with Crippen LogP contribution in [0.3, 0.4) is 0 Å². The fourth-order valence-corrected chi connectivity index (χ4v) is 4.15. The topological polar surface area (TPSA) is 81.5 Å². The van der Waals surface area contributed by atoms with E-state index in [1.54, 1.807) is 0 Å². The summed E-state index contributed by atoms with van der Waals surface area (Å²) in [7, 11) is 1.30. The lowest BCUT2D eigenvalue weighted by Crippen LogP contribution is -2.37. The number of hydrogen-bond acceptors (Lipinski definition) is 5. The van der Waals surface area contributed by atoms with Crippen LogP contribution in [0.2, 0.25) is 0 Å². The molecule has 6 nitrogen and oxygen atoms in total. The van der Waals surface area contributed by atoms with E-state index in [-0.39, 0.29) is 4.92 Å². The molecule has 1 heterocycles. The third-order valence-corrected chi connectivity index (χ3v) is 5.44. The van der Waals surface area contributed by atoms with E-state index in [0.29, 0.717) is 0 Å². The molecule has 4 atom stereocenters. The highest BCUT2D eigenvalue weighted by Gasteiger charge is 2.54. The maximum absolute atomic E-state index is 12.4. The van der Waals surface area contributed by atoms with Crippen LogP contribution >= 0.6 is 0 Å². The first-order valence-electron chi connectivity index (χ1n) is 9.11. The molecule has 0 aliphatic carbocycles. The molecule has 0 spiro atoms. The number of methoxy groups -OCH3 is 1. The summed E-state index contributed by atoms with van der Waals surface area (Å²) in [6, 6.07) is 20.4. The monoisotopic (exact) mass is 376 g/mol. The molecule has 1 N–H and O–H groups in total. The van der Waals surface area contributed by atoms with E-state index in [1.165, 1.54) is 7.11 Å². The molecule has 1 aliphatic heterocycles. The predicted molar refractivity (Wildman–Crippen MR) is 106 cm³/mol. The second kappa shape index (κ2) is 7.40. The molecule has 1 saturated heterocycles. The summed E-state index contributed by atoms with van der Waals surface area (Å²) in [6.07, 6.45) is 0. The molecule has 6 heteroatoms.